The zero-order valence-corrected chi connectivity index (χ0v) is 15.1. The van der Waals surface area contributed by atoms with Gasteiger partial charge in [0.25, 0.3) is 0 Å². The number of halogens is 5. The minimum atomic E-state index is 1.23. The minimum Gasteiger partial charge on any atom is -0.470 e. The Morgan fingerprint density at radius 1 is 0.800 bits per heavy atom. The van der Waals surface area contributed by atoms with Crippen molar-refractivity contribution in [3.63, 3.8) is 0 Å². The van der Waals surface area contributed by atoms with Crippen molar-refractivity contribution in [2.45, 2.75) is 0 Å². The Bertz CT molecular complexity index is 185. The Morgan fingerprint density at radius 2 is 1.10 bits per heavy atom. The molecule has 0 amide bonds. The lowest BCUT2D eigenvalue weighted by Crippen LogP contribution is -1.71. The highest BCUT2D eigenvalue weighted by Gasteiger charge is 2.23. The first kappa shape index (κ1) is 11.0. The van der Waals surface area contributed by atoms with Gasteiger partial charge in [-0.3, -0.25) is 0 Å². The van der Waals surface area contributed by atoms with Gasteiger partial charge in [0.05, 0.1) is 45.2 Å². The van der Waals surface area contributed by atoms with E-state index in [2.05, 4.69) is 116 Å². The van der Waals surface area contributed by atoms with E-state index >= 15 is 0 Å². The molecule has 0 bridgehead atoms. The Kier molecular flexibility index (Phi) is 4.88. The standard InChI is InChI=1S/C4I5O/c5-1-2(6)4(8)10(9)3(1)7/q+1. The largest absolute Gasteiger partial charge is 0.479 e. The Hall–Kier alpha value is 2.93. The molecule has 6 heteroatoms. The van der Waals surface area contributed by atoms with Gasteiger partial charge in [0.2, 0.25) is 0 Å². The molecule has 0 saturated carbocycles. The van der Waals surface area contributed by atoms with Gasteiger partial charge in [0, 0.05) is 0 Å². The molecule has 10 heavy (non-hydrogen) atoms. The highest BCUT2D eigenvalue weighted by atomic mass is 127. The van der Waals surface area contributed by atoms with E-state index in [1.54, 1.807) is 0 Å². The van der Waals surface area contributed by atoms with Crippen LogP contribution < -0.4 is 0 Å². The lowest BCUT2D eigenvalue weighted by molar-refractivity contribution is 0.448. The lowest BCUT2D eigenvalue weighted by Gasteiger charge is -1.86. The number of furan rings is 1. The van der Waals surface area contributed by atoms with E-state index in [0.29, 0.717) is 0 Å². The topological polar surface area (TPSA) is 2.70 Å². The third-order valence-electron chi connectivity index (χ3n) is 0.853. The van der Waals surface area contributed by atoms with Gasteiger partial charge in [-0.2, -0.15) is 0 Å². The fraction of sp³-hybridized carbons (Fsp3) is 0. The number of rotatable bonds is 0. The molecule has 0 atom stereocenters. The van der Waals surface area contributed by atoms with Crippen LogP contribution in [0.5, 0.6) is 0 Å². The van der Waals surface area contributed by atoms with Crippen molar-refractivity contribution in [2.75, 3.05) is 0 Å². The summed E-state index contributed by atoms with van der Waals surface area (Å²) in [6.07, 6.45) is 0. The third kappa shape index (κ3) is 2.05. The van der Waals surface area contributed by atoms with Crippen molar-refractivity contribution in [2.24, 2.45) is 0 Å². The molecule has 1 nitrogen and oxygen atoms in total. The second kappa shape index (κ2) is 4.43. The van der Waals surface area contributed by atoms with Crippen LogP contribution in [0.2, 0.25) is 0 Å². The molecular weight excluding hydrogens is 699 g/mol. The van der Waals surface area contributed by atoms with Gasteiger partial charge >= 0.3 is 30.5 Å². The summed E-state index contributed by atoms with van der Waals surface area (Å²) >= 11 is 11.6. The van der Waals surface area contributed by atoms with E-state index in [4.69, 9.17) is 0 Å². The molecule has 1 heterocycles. The molecule has 1 aromatic rings. The first-order valence-electron chi connectivity index (χ1n) is 2.07. The molecule has 0 spiro atoms. The van der Waals surface area contributed by atoms with Crippen molar-refractivity contribution >= 4 is 113 Å². The lowest BCUT2D eigenvalue weighted by atomic mass is 10.7. The van der Waals surface area contributed by atoms with Crippen LogP contribution in [0, 0.1) is 14.7 Å². The van der Waals surface area contributed by atoms with E-state index < -0.39 is 0 Å². The summed E-state index contributed by atoms with van der Waals surface area (Å²) in [5, 5.41) is 0. The smallest absolute Gasteiger partial charge is 0.470 e. The maximum atomic E-state index is 2.94. The summed E-state index contributed by atoms with van der Waals surface area (Å²) < 4.78 is 8.04. The molecule has 0 radical (unpaired) electrons. The first-order valence-corrected chi connectivity index (χ1v) is 7.26. The van der Waals surface area contributed by atoms with E-state index in [0.717, 1.165) is 0 Å². The van der Waals surface area contributed by atoms with Gasteiger partial charge in [-0.05, 0) is 45.2 Å². The average molecular weight is 699 g/mol. The molecule has 0 fully saturated rings. The van der Waals surface area contributed by atoms with Crippen LogP contribution in [0.4, 0.5) is 0 Å². The van der Waals surface area contributed by atoms with Gasteiger partial charge in [0.15, 0.2) is 0 Å². The van der Waals surface area contributed by atoms with Crippen molar-refractivity contribution in [3.05, 3.63) is 14.7 Å². The summed E-state index contributed by atoms with van der Waals surface area (Å²) in [7, 11) is 0. The van der Waals surface area contributed by atoms with Crippen LogP contribution in [0.1, 0.15) is 0 Å². The Labute approximate surface area is 127 Å². The van der Waals surface area contributed by atoms with Crippen LogP contribution in [0.3, 0.4) is 0 Å². The fourth-order valence-electron chi connectivity index (χ4n) is 0.409. The monoisotopic (exact) mass is 699 g/mol. The fourth-order valence-corrected chi connectivity index (χ4v) is 5.06. The molecule has 56 valence electrons. The average Bonchev–Trinajstić information content (AvgIpc) is 2.07. The SMILES string of the molecule is Ic1c(I)c(I)[o+](I)c1I. The molecule has 0 N–H and O–H groups in total. The predicted molar refractivity (Wildman–Crippen MR) is 83.6 cm³/mol. The zero-order valence-electron chi connectivity index (χ0n) is 4.30. The third-order valence-corrected chi connectivity index (χ3v) is 10.5. The van der Waals surface area contributed by atoms with Crippen LogP contribution in [0.25, 0.3) is 0 Å². The highest BCUT2D eigenvalue weighted by molar-refractivity contribution is 14.1. The van der Waals surface area contributed by atoms with Gasteiger partial charge in [0.1, 0.15) is 7.14 Å². The second-order valence-electron chi connectivity index (χ2n) is 1.43. The van der Waals surface area contributed by atoms with Gasteiger partial charge in [-0.15, -0.1) is 0 Å². The molecule has 0 aliphatic rings. The summed E-state index contributed by atoms with van der Waals surface area (Å²) in [5.41, 5.74) is 0. The molecule has 0 saturated heterocycles. The maximum Gasteiger partial charge on any atom is 0.479 e. The van der Waals surface area contributed by atoms with E-state index in [1.807, 2.05) is 0 Å². The normalized spacial score (nSPS) is 10.5. The van der Waals surface area contributed by atoms with Gasteiger partial charge in [-0.1, -0.05) is 0 Å². The van der Waals surface area contributed by atoms with Gasteiger partial charge in [-0.25, -0.2) is 0 Å². The van der Waals surface area contributed by atoms with Crippen LogP contribution in [-0.4, -0.2) is 0 Å². The number of hydrogen-bond donors (Lipinski definition) is 0. The van der Waals surface area contributed by atoms with E-state index in [1.165, 1.54) is 14.7 Å². The molecule has 1 aromatic heterocycles. The molecule has 0 aliphatic heterocycles. The van der Waals surface area contributed by atoms with E-state index in [-0.39, 0.29) is 0 Å². The van der Waals surface area contributed by atoms with Crippen molar-refractivity contribution in [1.29, 1.82) is 0 Å². The first-order chi connectivity index (χ1) is 4.55. The van der Waals surface area contributed by atoms with Crippen LogP contribution in [0.15, 0.2) is 2.38 Å². The minimum absolute atomic E-state index is 1.23. The zero-order chi connectivity index (χ0) is 7.89. The highest BCUT2D eigenvalue weighted by Crippen LogP contribution is 2.36. The Morgan fingerprint density at radius 3 is 1.20 bits per heavy atom. The number of hydrogen-bond acceptors (Lipinski definition) is 0. The molecule has 1 rings (SSSR count). The summed E-state index contributed by atoms with van der Waals surface area (Å²) in [6, 6.07) is 0. The van der Waals surface area contributed by atoms with Gasteiger partial charge < -0.3 is 2.38 Å². The molecule has 0 unspecified atom stereocenters. The predicted octanol–water partition coefficient (Wildman–Crippen LogP) is 4.58. The maximum absolute atomic E-state index is 2.94. The van der Waals surface area contributed by atoms with Crippen molar-refractivity contribution in [3.8, 4) is 0 Å². The van der Waals surface area contributed by atoms with E-state index in [9.17, 15) is 0 Å². The summed E-state index contributed by atoms with van der Waals surface area (Å²) in [4.78, 5) is 0. The van der Waals surface area contributed by atoms with Crippen LogP contribution >= 0.6 is 113 Å². The summed E-state index contributed by atoms with van der Waals surface area (Å²) in [6.45, 7) is 0. The molecule has 0 aliphatic carbocycles. The second-order valence-corrected chi connectivity index (χ2v) is 6.43. The van der Waals surface area contributed by atoms with Crippen molar-refractivity contribution in [1.82, 2.24) is 0 Å². The summed E-state index contributed by atoms with van der Waals surface area (Å²) in [5.74, 6) is 0. The van der Waals surface area contributed by atoms with Crippen molar-refractivity contribution < 1.29 is 2.38 Å². The van der Waals surface area contributed by atoms with Crippen LogP contribution in [-0.2, 0) is 0 Å². The Balaban J connectivity index is 3.44. The quantitative estimate of drug-likeness (QED) is 0.276. The molecule has 0 aromatic carbocycles. The molecular formula is C4I5O+.